The fraction of sp³-hybridized carbons (Fsp3) is 0.267. The van der Waals surface area contributed by atoms with E-state index in [1.54, 1.807) is 6.07 Å². The predicted octanol–water partition coefficient (Wildman–Crippen LogP) is 4.94. The van der Waals surface area contributed by atoms with Crippen LogP contribution in [-0.2, 0) is 45.9 Å². The van der Waals surface area contributed by atoms with E-state index in [0.717, 1.165) is 22.9 Å². The molecule has 2 aromatic carbocycles. The van der Waals surface area contributed by atoms with Gasteiger partial charge in [0, 0.05) is 47.8 Å². The number of pyridine rings is 1. The van der Waals surface area contributed by atoms with Crippen molar-refractivity contribution >= 4 is 21.5 Å². The summed E-state index contributed by atoms with van der Waals surface area (Å²) in [6.45, 7) is -0.642. The number of nitrogens with two attached hydrogens (primary N) is 1. The third-order valence-corrected chi connectivity index (χ3v) is 8.98. The number of carbonyl (C=O) groups is 2. The lowest BCUT2D eigenvalue weighted by Gasteiger charge is -2.20. The molecule has 0 saturated carbocycles. The van der Waals surface area contributed by atoms with Crippen LogP contribution in [0.1, 0.15) is 50.9 Å². The average Bonchev–Trinajstić information content (AvgIpc) is 3.28. The lowest BCUT2D eigenvalue weighted by Crippen LogP contribution is -2.23. The fourth-order valence-electron chi connectivity index (χ4n) is 5.52. The molecule has 2 aromatic heterocycles. The van der Waals surface area contributed by atoms with Crippen LogP contribution in [-0.4, -0.2) is 40.6 Å². The van der Waals surface area contributed by atoms with Gasteiger partial charge >= 0.3 is 6.18 Å². The average molecular weight is 651 g/mol. The first-order valence-electron chi connectivity index (χ1n) is 13.5. The van der Waals surface area contributed by atoms with E-state index in [1.807, 2.05) is 0 Å². The van der Waals surface area contributed by atoms with Gasteiger partial charge in [-0.15, -0.1) is 0 Å². The molecule has 0 unspecified atom stereocenters. The Morgan fingerprint density at radius 3 is 2.40 bits per heavy atom. The number of Topliss-reactive ketones (excluding diaryl/α,β-unsaturated/α-hetero) is 1. The number of fused-ring (bicyclic) bond motifs is 1. The minimum atomic E-state index is -4.96. The van der Waals surface area contributed by atoms with Gasteiger partial charge in [-0.1, -0.05) is 12.1 Å². The molecular weight excluding hydrogens is 626 g/mol. The van der Waals surface area contributed by atoms with Gasteiger partial charge in [-0.05, 0) is 47.9 Å². The van der Waals surface area contributed by atoms with Crippen molar-refractivity contribution in [1.29, 1.82) is 0 Å². The Labute approximate surface area is 252 Å². The topological polar surface area (TPSA) is 125 Å². The van der Waals surface area contributed by atoms with Crippen molar-refractivity contribution in [1.82, 2.24) is 14.8 Å². The Balaban J connectivity index is 1.54. The van der Waals surface area contributed by atoms with E-state index >= 15 is 0 Å². The van der Waals surface area contributed by atoms with Crippen molar-refractivity contribution in [3.05, 3.63) is 106 Å². The quantitative estimate of drug-likeness (QED) is 0.256. The van der Waals surface area contributed by atoms with Gasteiger partial charge in [-0.2, -0.15) is 18.3 Å². The SMILES string of the molecule is NC(=O)c1cc(-c2cccnc2[C@@H](CC(=O)Cn2nc(C(F)(F)F)c3c2CCS(=O)(=O)C3)Cc2cc(F)cc(F)c2)ccc1F. The number of hydrogen-bond donors (Lipinski definition) is 1. The number of hydrogen-bond acceptors (Lipinski definition) is 6. The molecule has 0 radical (unpaired) electrons. The summed E-state index contributed by atoms with van der Waals surface area (Å²) in [4.78, 5) is 29.7. The number of aromatic nitrogens is 3. The van der Waals surface area contributed by atoms with E-state index in [2.05, 4.69) is 10.1 Å². The van der Waals surface area contributed by atoms with Crippen molar-refractivity contribution in [2.24, 2.45) is 5.73 Å². The molecule has 1 atom stereocenters. The highest BCUT2D eigenvalue weighted by Crippen LogP contribution is 2.37. The summed E-state index contributed by atoms with van der Waals surface area (Å²) in [6, 6.07) is 9.47. The van der Waals surface area contributed by atoms with Crippen molar-refractivity contribution in [3.63, 3.8) is 0 Å². The van der Waals surface area contributed by atoms with Crippen LogP contribution < -0.4 is 5.73 Å². The van der Waals surface area contributed by atoms with Crippen molar-refractivity contribution in [3.8, 4) is 11.1 Å². The second-order valence-corrected chi connectivity index (χ2v) is 12.9. The van der Waals surface area contributed by atoms with Crippen LogP contribution in [0.2, 0.25) is 0 Å². The number of sulfone groups is 1. The lowest BCUT2D eigenvalue weighted by atomic mass is 9.86. The molecule has 2 N–H and O–H groups in total. The Morgan fingerprint density at radius 1 is 1.02 bits per heavy atom. The van der Waals surface area contributed by atoms with Gasteiger partial charge in [-0.25, -0.2) is 21.6 Å². The summed E-state index contributed by atoms with van der Waals surface area (Å²) < 4.78 is 109. The number of halogens is 6. The summed E-state index contributed by atoms with van der Waals surface area (Å²) in [5, 5.41) is 3.57. The van der Waals surface area contributed by atoms with E-state index in [9.17, 15) is 44.3 Å². The third-order valence-electron chi connectivity index (χ3n) is 7.42. The van der Waals surface area contributed by atoms with E-state index in [1.165, 1.54) is 24.4 Å². The molecular formula is C30H24F6N4O4S. The molecule has 0 spiro atoms. The summed E-state index contributed by atoms with van der Waals surface area (Å²) in [5.41, 5.74) is 4.01. The van der Waals surface area contributed by atoms with Crippen LogP contribution in [0, 0.1) is 17.5 Å². The zero-order chi connectivity index (χ0) is 32.7. The molecule has 3 heterocycles. The van der Waals surface area contributed by atoms with Gasteiger partial charge < -0.3 is 5.73 Å². The Kier molecular flexibility index (Phi) is 8.58. The molecule has 1 amide bonds. The van der Waals surface area contributed by atoms with Gasteiger partial charge in [0.05, 0.1) is 29.3 Å². The monoisotopic (exact) mass is 650 g/mol. The number of alkyl halides is 3. The maximum atomic E-state index is 14.2. The number of ketones is 1. The number of rotatable bonds is 9. The maximum absolute atomic E-state index is 14.2. The third kappa shape index (κ3) is 7.08. The highest BCUT2D eigenvalue weighted by molar-refractivity contribution is 7.90. The molecule has 1 aliphatic rings. The number of amides is 1. The van der Waals surface area contributed by atoms with Crippen molar-refractivity contribution in [2.45, 2.75) is 43.7 Å². The zero-order valence-corrected chi connectivity index (χ0v) is 24.1. The van der Waals surface area contributed by atoms with Gasteiger partial charge in [0.15, 0.2) is 21.3 Å². The van der Waals surface area contributed by atoms with Crippen LogP contribution in [0.25, 0.3) is 11.1 Å². The molecule has 45 heavy (non-hydrogen) atoms. The summed E-state index contributed by atoms with van der Waals surface area (Å²) in [5.74, 6) is -6.46. The van der Waals surface area contributed by atoms with Crippen LogP contribution >= 0.6 is 0 Å². The first-order chi connectivity index (χ1) is 21.1. The summed E-state index contributed by atoms with van der Waals surface area (Å²) in [6.07, 6.45) is -4.37. The molecule has 5 rings (SSSR count). The fourth-order valence-corrected chi connectivity index (χ4v) is 6.91. The minimum absolute atomic E-state index is 0.0157. The Morgan fingerprint density at radius 2 is 1.73 bits per heavy atom. The van der Waals surface area contributed by atoms with Crippen LogP contribution in [0.3, 0.4) is 0 Å². The highest BCUT2D eigenvalue weighted by Gasteiger charge is 2.42. The zero-order valence-electron chi connectivity index (χ0n) is 23.2. The maximum Gasteiger partial charge on any atom is 0.435 e. The molecule has 236 valence electrons. The van der Waals surface area contributed by atoms with E-state index < -0.39 is 85.9 Å². The molecule has 4 aromatic rings. The first-order valence-corrected chi connectivity index (χ1v) is 15.3. The molecule has 1 aliphatic heterocycles. The Bertz CT molecular complexity index is 1900. The summed E-state index contributed by atoms with van der Waals surface area (Å²) in [7, 11) is -3.79. The van der Waals surface area contributed by atoms with E-state index in [-0.39, 0.29) is 36.2 Å². The largest absolute Gasteiger partial charge is 0.435 e. The van der Waals surface area contributed by atoms with Gasteiger partial charge in [-0.3, -0.25) is 19.3 Å². The first kappa shape index (κ1) is 31.9. The molecule has 8 nitrogen and oxygen atoms in total. The minimum Gasteiger partial charge on any atom is -0.366 e. The normalized spacial score (nSPS) is 15.0. The highest BCUT2D eigenvalue weighted by atomic mass is 32.2. The van der Waals surface area contributed by atoms with Gasteiger partial charge in [0.1, 0.15) is 17.5 Å². The van der Waals surface area contributed by atoms with Crippen LogP contribution in [0.5, 0.6) is 0 Å². The van der Waals surface area contributed by atoms with Crippen LogP contribution in [0.4, 0.5) is 26.3 Å². The molecule has 0 bridgehead atoms. The molecule has 0 aliphatic carbocycles. The van der Waals surface area contributed by atoms with Crippen molar-refractivity contribution < 1.29 is 44.3 Å². The summed E-state index contributed by atoms with van der Waals surface area (Å²) >= 11 is 0. The van der Waals surface area contributed by atoms with Crippen molar-refractivity contribution in [2.75, 3.05) is 5.75 Å². The smallest absolute Gasteiger partial charge is 0.366 e. The number of benzene rings is 2. The predicted molar refractivity (Wildman–Crippen MR) is 149 cm³/mol. The standard InChI is InChI=1S/C30H24F6N4O4S/c31-19-9-16(10-20(32)13-19)8-18(27-22(2-1-6-38-27)17-3-4-25(33)23(12-17)29(37)42)11-21(41)14-40-26-5-7-45(43,44)15-24(26)28(39-40)30(34,35)36/h1-4,6,9-10,12-13,18H,5,7-8,11,14-15H2,(H2,37,42)/t18-/m1/s1. The number of primary amides is 1. The van der Waals surface area contributed by atoms with Crippen LogP contribution in [0.15, 0.2) is 54.7 Å². The lowest BCUT2D eigenvalue weighted by molar-refractivity contribution is -0.142. The second kappa shape index (κ2) is 12.1. The second-order valence-electron chi connectivity index (χ2n) is 10.7. The van der Waals surface area contributed by atoms with Gasteiger partial charge in [0.25, 0.3) is 5.91 Å². The number of nitrogens with zero attached hydrogens (tertiary/aromatic N) is 3. The van der Waals surface area contributed by atoms with Gasteiger partial charge in [0.2, 0.25) is 0 Å². The molecule has 15 heteroatoms. The van der Waals surface area contributed by atoms with E-state index in [0.29, 0.717) is 17.2 Å². The molecule has 0 saturated heterocycles. The molecule has 0 fully saturated rings. The number of carbonyl (C=O) groups excluding carboxylic acids is 2. The Hall–Kier alpha value is -4.53. The van der Waals surface area contributed by atoms with E-state index in [4.69, 9.17) is 5.73 Å².